The molecule has 0 bridgehead atoms. The van der Waals surface area contributed by atoms with Gasteiger partial charge in [-0.2, -0.15) is 0 Å². The molecule has 0 aromatic carbocycles. The fraction of sp³-hybridized carbons (Fsp3) is 0.667. The minimum absolute atomic E-state index is 0.786. The highest BCUT2D eigenvalue weighted by molar-refractivity contribution is 9.09. The van der Waals surface area contributed by atoms with Gasteiger partial charge >= 0.3 is 0 Å². The molecule has 0 aliphatic heterocycles. The van der Waals surface area contributed by atoms with Gasteiger partial charge in [-0.25, -0.2) is 0 Å². The van der Waals surface area contributed by atoms with E-state index in [1.54, 1.807) is 0 Å². The van der Waals surface area contributed by atoms with Gasteiger partial charge in [-0.05, 0) is 11.8 Å². The van der Waals surface area contributed by atoms with Crippen molar-refractivity contribution in [1.82, 2.24) is 0 Å². The van der Waals surface area contributed by atoms with Crippen molar-refractivity contribution < 1.29 is 0 Å². The molecule has 0 amide bonds. The summed E-state index contributed by atoms with van der Waals surface area (Å²) in [4.78, 5) is 0. The third kappa shape index (κ3) is 1.16. The molecule has 0 radical (unpaired) electrons. The molecule has 0 N–H and O–H groups in total. The molecule has 0 saturated carbocycles. The van der Waals surface area contributed by atoms with E-state index >= 15 is 0 Å². The summed E-state index contributed by atoms with van der Waals surface area (Å²) in [6, 6.07) is 0. The maximum absolute atomic E-state index is 3.44. The number of rotatable bonds is 2. The SMILES string of the molecule is BrCC1C=CC1CBr. The van der Waals surface area contributed by atoms with Gasteiger partial charge in [-0.15, -0.1) is 0 Å². The zero-order valence-electron chi connectivity index (χ0n) is 4.48. The van der Waals surface area contributed by atoms with E-state index in [1.807, 2.05) is 0 Å². The molecule has 0 spiro atoms. The van der Waals surface area contributed by atoms with E-state index in [-0.39, 0.29) is 0 Å². The third-order valence-electron chi connectivity index (χ3n) is 1.51. The number of alkyl halides is 2. The molecule has 1 aliphatic carbocycles. The Hall–Kier alpha value is 0.700. The predicted molar refractivity (Wildman–Crippen MR) is 43.7 cm³/mol. The molecule has 2 heteroatoms. The largest absolute Gasteiger partial charge is 0.0921 e. The van der Waals surface area contributed by atoms with Crippen LogP contribution in [0.25, 0.3) is 0 Å². The summed E-state index contributed by atoms with van der Waals surface area (Å²) in [5.74, 6) is 1.57. The first-order chi connectivity index (χ1) is 3.88. The van der Waals surface area contributed by atoms with Crippen molar-refractivity contribution in [2.75, 3.05) is 10.7 Å². The lowest BCUT2D eigenvalue weighted by atomic mass is 9.86. The summed E-state index contributed by atoms with van der Waals surface area (Å²) < 4.78 is 0. The maximum Gasteiger partial charge on any atom is 0.0100 e. The normalized spacial score (nSPS) is 34.8. The lowest BCUT2D eigenvalue weighted by Gasteiger charge is -2.25. The second-order valence-electron chi connectivity index (χ2n) is 2.02. The first-order valence-electron chi connectivity index (χ1n) is 2.68. The Morgan fingerprint density at radius 3 is 1.50 bits per heavy atom. The van der Waals surface area contributed by atoms with Crippen LogP contribution in [0.1, 0.15) is 0 Å². The Labute approximate surface area is 66.6 Å². The number of halogens is 2. The Balaban J connectivity index is 2.30. The summed E-state index contributed by atoms with van der Waals surface area (Å²) in [5.41, 5.74) is 0. The molecule has 2 atom stereocenters. The molecule has 0 aromatic heterocycles. The zero-order chi connectivity index (χ0) is 5.98. The predicted octanol–water partition coefficient (Wildman–Crippen LogP) is 2.58. The van der Waals surface area contributed by atoms with Crippen molar-refractivity contribution in [3.05, 3.63) is 12.2 Å². The summed E-state index contributed by atoms with van der Waals surface area (Å²) in [6.07, 6.45) is 4.50. The molecule has 46 valence electrons. The van der Waals surface area contributed by atoms with Crippen LogP contribution in [0.5, 0.6) is 0 Å². The second-order valence-corrected chi connectivity index (χ2v) is 3.32. The average molecular weight is 240 g/mol. The summed E-state index contributed by atoms with van der Waals surface area (Å²) >= 11 is 6.87. The molecule has 0 heterocycles. The smallest absolute Gasteiger partial charge is 0.0100 e. The van der Waals surface area contributed by atoms with Crippen LogP contribution in [0.2, 0.25) is 0 Å². The Bertz CT molecular complexity index is 86.7. The fourth-order valence-corrected chi connectivity index (χ4v) is 2.15. The maximum atomic E-state index is 3.44. The topological polar surface area (TPSA) is 0 Å². The molecule has 8 heavy (non-hydrogen) atoms. The molecule has 1 rings (SSSR count). The van der Waals surface area contributed by atoms with E-state index in [0.29, 0.717) is 0 Å². The van der Waals surface area contributed by atoms with Crippen LogP contribution >= 0.6 is 31.9 Å². The Kier molecular flexibility index (Phi) is 2.57. The van der Waals surface area contributed by atoms with E-state index < -0.39 is 0 Å². The van der Waals surface area contributed by atoms with Crippen LogP contribution < -0.4 is 0 Å². The molecule has 0 nitrogen and oxygen atoms in total. The van der Waals surface area contributed by atoms with Gasteiger partial charge in [0.2, 0.25) is 0 Å². The van der Waals surface area contributed by atoms with Crippen molar-refractivity contribution in [2.45, 2.75) is 0 Å². The first kappa shape index (κ1) is 6.81. The number of hydrogen-bond donors (Lipinski definition) is 0. The summed E-state index contributed by atoms with van der Waals surface area (Å²) in [7, 11) is 0. The molecule has 1 aliphatic rings. The minimum Gasteiger partial charge on any atom is -0.0921 e. The highest BCUT2D eigenvalue weighted by Crippen LogP contribution is 2.28. The third-order valence-corrected chi connectivity index (χ3v) is 3.01. The van der Waals surface area contributed by atoms with E-state index in [0.717, 1.165) is 22.5 Å². The van der Waals surface area contributed by atoms with Gasteiger partial charge in [0.15, 0.2) is 0 Å². The Morgan fingerprint density at radius 1 is 1.00 bits per heavy atom. The van der Waals surface area contributed by atoms with Crippen LogP contribution in [0.3, 0.4) is 0 Å². The minimum atomic E-state index is 0.786. The van der Waals surface area contributed by atoms with E-state index in [2.05, 4.69) is 44.0 Å². The number of allylic oxidation sites excluding steroid dienone is 2. The van der Waals surface area contributed by atoms with Crippen molar-refractivity contribution >= 4 is 31.9 Å². The van der Waals surface area contributed by atoms with Crippen LogP contribution in [0.15, 0.2) is 12.2 Å². The van der Waals surface area contributed by atoms with Crippen LogP contribution in [-0.2, 0) is 0 Å². The van der Waals surface area contributed by atoms with Gasteiger partial charge in [0.1, 0.15) is 0 Å². The quantitative estimate of drug-likeness (QED) is 0.514. The van der Waals surface area contributed by atoms with Gasteiger partial charge in [-0.1, -0.05) is 44.0 Å². The van der Waals surface area contributed by atoms with Crippen molar-refractivity contribution in [2.24, 2.45) is 11.8 Å². The fourth-order valence-electron chi connectivity index (χ4n) is 0.757. The van der Waals surface area contributed by atoms with E-state index in [9.17, 15) is 0 Å². The van der Waals surface area contributed by atoms with Gasteiger partial charge in [0.05, 0.1) is 0 Å². The number of hydrogen-bond acceptors (Lipinski definition) is 0. The van der Waals surface area contributed by atoms with Crippen molar-refractivity contribution in [3.8, 4) is 0 Å². The molecule has 2 unspecified atom stereocenters. The van der Waals surface area contributed by atoms with Gasteiger partial charge in [0.25, 0.3) is 0 Å². The highest BCUT2D eigenvalue weighted by atomic mass is 79.9. The molecule has 0 aromatic rings. The molecule has 0 fully saturated rings. The van der Waals surface area contributed by atoms with E-state index in [1.165, 1.54) is 0 Å². The molecular formula is C6H8Br2. The van der Waals surface area contributed by atoms with Crippen molar-refractivity contribution in [3.63, 3.8) is 0 Å². The van der Waals surface area contributed by atoms with Crippen LogP contribution in [0.4, 0.5) is 0 Å². The molecular weight excluding hydrogens is 232 g/mol. The lowest BCUT2D eigenvalue weighted by molar-refractivity contribution is 0.523. The first-order valence-corrected chi connectivity index (χ1v) is 4.93. The van der Waals surface area contributed by atoms with Gasteiger partial charge in [-0.3, -0.25) is 0 Å². The monoisotopic (exact) mass is 238 g/mol. The standard InChI is InChI=1S/C6H8Br2/c7-3-5-1-2-6(5)4-8/h1-2,5-6H,3-4H2. The summed E-state index contributed by atoms with van der Waals surface area (Å²) in [5, 5.41) is 2.22. The van der Waals surface area contributed by atoms with Gasteiger partial charge in [0, 0.05) is 10.7 Å². The summed E-state index contributed by atoms with van der Waals surface area (Å²) in [6.45, 7) is 0. The Morgan fingerprint density at radius 2 is 1.38 bits per heavy atom. The second kappa shape index (κ2) is 3.02. The lowest BCUT2D eigenvalue weighted by Crippen LogP contribution is -2.20. The van der Waals surface area contributed by atoms with E-state index in [4.69, 9.17) is 0 Å². The molecule has 0 saturated heterocycles. The van der Waals surface area contributed by atoms with Crippen molar-refractivity contribution in [1.29, 1.82) is 0 Å². The van der Waals surface area contributed by atoms with Crippen LogP contribution in [-0.4, -0.2) is 10.7 Å². The zero-order valence-corrected chi connectivity index (χ0v) is 7.65. The highest BCUT2D eigenvalue weighted by Gasteiger charge is 2.20. The van der Waals surface area contributed by atoms with Gasteiger partial charge < -0.3 is 0 Å². The van der Waals surface area contributed by atoms with Crippen LogP contribution in [0, 0.1) is 11.8 Å². The average Bonchev–Trinajstić information content (AvgIpc) is 1.66.